The molecular formula is C16H21FN6OS. The van der Waals surface area contributed by atoms with E-state index in [4.69, 9.17) is 0 Å². The number of amides is 1. The molecule has 0 unspecified atom stereocenters. The Morgan fingerprint density at radius 3 is 2.12 bits per heavy atom. The molecule has 1 heterocycles. The van der Waals surface area contributed by atoms with E-state index in [1.807, 2.05) is 28.2 Å². The Labute approximate surface area is 150 Å². The van der Waals surface area contributed by atoms with Crippen molar-refractivity contribution in [1.82, 2.24) is 20.3 Å². The average Bonchev–Trinajstić information content (AvgIpc) is 2.59. The van der Waals surface area contributed by atoms with Crippen LogP contribution in [0.25, 0.3) is 0 Å². The zero-order valence-corrected chi connectivity index (χ0v) is 15.5. The number of carbonyl (C=O) groups excluding carboxylic acids is 1. The number of hydrogen-bond acceptors (Lipinski definition) is 7. The van der Waals surface area contributed by atoms with Gasteiger partial charge in [0.1, 0.15) is 5.82 Å². The first-order valence-electron chi connectivity index (χ1n) is 7.60. The number of carbonyl (C=O) groups is 1. The van der Waals surface area contributed by atoms with Crippen LogP contribution in [0, 0.1) is 5.82 Å². The number of anilines is 2. The SMILES string of the molecule is CN(C)c1nc(CNC(=O)CSc2ccc(F)cc2)nc(N(C)C)n1. The largest absolute Gasteiger partial charge is 0.348 e. The van der Waals surface area contributed by atoms with Gasteiger partial charge in [-0.25, -0.2) is 4.39 Å². The summed E-state index contributed by atoms with van der Waals surface area (Å²) in [4.78, 5) is 29.4. The smallest absolute Gasteiger partial charge is 0.230 e. The van der Waals surface area contributed by atoms with Gasteiger partial charge < -0.3 is 15.1 Å². The molecule has 1 aromatic heterocycles. The van der Waals surface area contributed by atoms with Crippen molar-refractivity contribution >= 4 is 29.6 Å². The average molecular weight is 364 g/mol. The predicted octanol–water partition coefficient (Wildman–Crippen LogP) is 1.55. The number of halogens is 1. The van der Waals surface area contributed by atoms with Crippen LogP contribution in [0.4, 0.5) is 16.3 Å². The van der Waals surface area contributed by atoms with Gasteiger partial charge in [-0.3, -0.25) is 4.79 Å². The van der Waals surface area contributed by atoms with Gasteiger partial charge in [0.25, 0.3) is 0 Å². The van der Waals surface area contributed by atoms with Crippen molar-refractivity contribution in [2.75, 3.05) is 43.7 Å². The van der Waals surface area contributed by atoms with E-state index in [9.17, 15) is 9.18 Å². The molecule has 1 aromatic carbocycles. The van der Waals surface area contributed by atoms with Gasteiger partial charge in [0.15, 0.2) is 5.82 Å². The van der Waals surface area contributed by atoms with E-state index in [2.05, 4.69) is 20.3 Å². The summed E-state index contributed by atoms with van der Waals surface area (Å²) in [6.45, 7) is 0.215. The summed E-state index contributed by atoms with van der Waals surface area (Å²) in [7, 11) is 7.37. The summed E-state index contributed by atoms with van der Waals surface area (Å²) >= 11 is 1.34. The molecular weight excluding hydrogens is 343 g/mol. The highest BCUT2D eigenvalue weighted by molar-refractivity contribution is 8.00. The molecule has 1 N–H and O–H groups in total. The Balaban J connectivity index is 1.93. The minimum absolute atomic E-state index is 0.146. The maximum Gasteiger partial charge on any atom is 0.230 e. The van der Waals surface area contributed by atoms with Gasteiger partial charge in [-0.1, -0.05) is 0 Å². The van der Waals surface area contributed by atoms with Crippen LogP contribution >= 0.6 is 11.8 Å². The molecule has 0 aliphatic rings. The molecule has 9 heteroatoms. The Bertz CT molecular complexity index is 697. The number of nitrogens with zero attached hydrogens (tertiary/aromatic N) is 5. The summed E-state index contributed by atoms with van der Waals surface area (Å²) in [5.41, 5.74) is 0. The number of hydrogen-bond donors (Lipinski definition) is 1. The fourth-order valence-corrected chi connectivity index (χ4v) is 2.51. The van der Waals surface area contributed by atoms with Crippen LogP contribution in [-0.2, 0) is 11.3 Å². The Morgan fingerprint density at radius 1 is 1.04 bits per heavy atom. The van der Waals surface area contributed by atoms with Gasteiger partial charge >= 0.3 is 0 Å². The minimum Gasteiger partial charge on any atom is -0.348 e. The highest BCUT2D eigenvalue weighted by Crippen LogP contribution is 2.17. The van der Waals surface area contributed by atoms with Crippen LogP contribution in [0.2, 0.25) is 0 Å². The van der Waals surface area contributed by atoms with E-state index in [-0.39, 0.29) is 24.0 Å². The molecule has 134 valence electrons. The molecule has 0 bridgehead atoms. The molecule has 1 amide bonds. The van der Waals surface area contributed by atoms with Crippen LogP contribution in [0.5, 0.6) is 0 Å². The monoisotopic (exact) mass is 364 g/mol. The van der Waals surface area contributed by atoms with Crippen molar-refractivity contribution in [3.8, 4) is 0 Å². The summed E-state index contributed by atoms with van der Waals surface area (Å²) in [6.07, 6.45) is 0. The number of nitrogens with one attached hydrogen (secondary N) is 1. The molecule has 7 nitrogen and oxygen atoms in total. The third-order valence-electron chi connectivity index (χ3n) is 3.09. The van der Waals surface area contributed by atoms with Gasteiger partial charge in [0.05, 0.1) is 12.3 Å². The number of thioether (sulfide) groups is 1. The third-order valence-corrected chi connectivity index (χ3v) is 4.10. The molecule has 0 fully saturated rings. The van der Waals surface area contributed by atoms with Gasteiger partial charge in [0, 0.05) is 33.1 Å². The predicted molar refractivity (Wildman–Crippen MR) is 97.5 cm³/mol. The molecule has 0 aliphatic heterocycles. The van der Waals surface area contributed by atoms with E-state index in [1.54, 1.807) is 21.9 Å². The zero-order valence-electron chi connectivity index (χ0n) is 14.7. The number of aromatic nitrogens is 3. The van der Waals surface area contributed by atoms with E-state index < -0.39 is 0 Å². The van der Waals surface area contributed by atoms with Gasteiger partial charge in [-0.05, 0) is 24.3 Å². The fourth-order valence-electron chi connectivity index (χ4n) is 1.78. The maximum absolute atomic E-state index is 12.9. The molecule has 0 radical (unpaired) electrons. The first-order chi connectivity index (χ1) is 11.8. The van der Waals surface area contributed by atoms with Crippen molar-refractivity contribution < 1.29 is 9.18 Å². The lowest BCUT2D eigenvalue weighted by Crippen LogP contribution is -2.27. The molecule has 0 saturated carbocycles. The molecule has 0 aliphatic carbocycles. The van der Waals surface area contributed by atoms with Crippen molar-refractivity contribution in [2.45, 2.75) is 11.4 Å². The van der Waals surface area contributed by atoms with Crippen LogP contribution in [0.3, 0.4) is 0 Å². The quantitative estimate of drug-likeness (QED) is 0.747. The van der Waals surface area contributed by atoms with E-state index in [0.717, 1.165) is 4.90 Å². The maximum atomic E-state index is 12.9. The Kier molecular flexibility index (Phi) is 6.51. The normalized spacial score (nSPS) is 10.4. The van der Waals surface area contributed by atoms with Crippen LogP contribution < -0.4 is 15.1 Å². The molecule has 0 atom stereocenters. The minimum atomic E-state index is -0.294. The lowest BCUT2D eigenvalue weighted by Gasteiger charge is -2.16. The number of benzene rings is 1. The molecule has 0 spiro atoms. The van der Waals surface area contributed by atoms with Crippen LogP contribution in [0.1, 0.15) is 5.82 Å². The lowest BCUT2D eigenvalue weighted by atomic mass is 10.4. The van der Waals surface area contributed by atoms with E-state index in [0.29, 0.717) is 17.7 Å². The first-order valence-corrected chi connectivity index (χ1v) is 8.58. The molecule has 25 heavy (non-hydrogen) atoms. The second kappa shape index (κ2) is 8.61. The molecule has 2 aromatic rings. The van der Waals surface area contributed by atoms with Crippen molar-refractivity contribution in [3.05, 3.63) is 35.9 Å². The first kappa shape index (κ1) is 18.9. The highest BCUT2D eigenvalue weighted by atomic mass is 32.2. The van der Waals surface area contributed by atoms with Crippen molar-refractivity contribution in [1.29, 1.82) is 0 Å². The fraction of sp³-hybridized carbons (Fsp3) is 0.375. The lowest BCUT2D eigenvalue weighted by molar-refractivity contribution is -0.118. The summed E-state index contributed by atoms with van der Waals surface area (Å²) in [5.74, 6) is 1.34. The number of rotatable bonds is 7. The van der Waals surface area contributed by atoms with Crippen molar-refractivity contribution in [2.24, 2.45) is 0 Å². The second-order valence-corrected chi connectivity index (χ2v) is 6.71. The Hall–Kier alpha value is -2.42. The third kappa shape index (κ3) is 5.86. The standard InChI is InChI=1S/C16H21FN6OS/c1-22(2)15-19-13(20-16(21-15)23(3)4)9-18-14(24)10-25-12-7-5-11(17)6-8-12/h5-8H,9-10H2,1-4H3,(H,18,24). The molecule has 0 saturated heterocycles. The summed E-state index contributed by atoms with van der Waals surface area (Å²) < 4.78 is 12.9. The summed E-state index contributed by atoms with van der Waals surface area (Å²) in [6, 6.07) is 6.03. The van der Waals surface area contributed by atoms with Crippen LogP contribution in [-0.4, -0.2) is 54.8 Å². The van der Waals surface area contributed by atoms with Gasteiger partial charge in [0.2, 0.25) is 17.8 Å². The Morgan fingerprint density at radius 2 is 1.60 bits per heavy atom. The highest BCUT2D eigenvalue weighted by Gasteiger charge is 2.11. The van der Waals surface area contributed by atoms with Crippen LogP contribution in [0.15, 0.2) is 29.2 Å². The second-order valence-electron chi connectivity index (χ2n) is 5.66. The van der Waals surface area contributed by atoms with Gasteiger partial charge in [-0.15, -0.1) is 11.8 Å². The zero-order chi connectivity index (χ0) is 18.4. The topological polar surface area (TPSA) is 74.2 Å². The van der Waals surface area contributed by atoms with E-state index in [1.165, 1.54) is 23.9 Å². The molecule has 2 rings (SSSR count). The van der Waals surface area contributed by atoms with E-state index >= 15 is 0 Å². The van der Waals surface area contributed by atoms with Crippen molar-refractivity contribution in [3.63, 3.8) is 0 Å². The summed E-state index contributed by atoms with van der Waals surface area (Å²) in [5, 5.41) is 2.79. The van der Waals surface area contributed by atoms with Gasteiger partial charge in [-0.2, -0.15) is 15.0 Å².